The monoisotopic (exact) mass is 514 g/mol. The molecule has 5 heteroatoms. The highest BCUT2D eigenvalue weighted by Gasteiger charge is 2.23. The van der Waals surface area contributed by atoms with E-state index in [0.29, 0.717) is 18.5 Å². The van der Waals surface area contributed by atoms with Crippen LogP contribution in [0.15, 0.2) is 103 Å². The van der Waals surface area contributed by atoms with Gasteiger partial charge in [-0.1, -0.05) is 82.3 Å². The Hall–Kier alpha value is -4.51. The van der Waals surface area contributed by atoms with Gasteiger partial charge in [-0.25, -0.2) is 4.98 Å². The normalized spacial score (nSPS) is 13.4. The highest BCUT2D eigenvalue weighted by molar-refractivity contribution is 5.85. The van der Waals surface area contributed by atoms with Crippen molar-refractivity contribution in [2.45, 2.75) is 39.5 Å². The van der Waals surface area contributed by atoms with Gasteiger partial charge in [-0.15, -0.1) is 0 Å². The molecule has 1 aromatic heterocycles. The van der Waals surface area contributed by atoms with Gasteiger partial charge >= 0.3 is 0 Å². The average Bonchev–Trinajstić information content (AvgIpc) is 3.58. The van der Waals surface area contributed by atoms with E-state index < -0.39 is 0 Å². The lowest BCUT2D eigenvalue weighted by atomic mass is 9.92. The fourth-order valence-electron chi connectivity index (χ4n) is 5.49. The van der Waals surface area contributed by atoms with Crippen LogP contribution in [0.5, 0.6) is 5.75 Å². The van der Waals surface area contributed by atoms with Gasteiger partial charge in [0.25, 0.3) is 0 Å². The summed E-state index contributed by atoms with van der Waals surface area (Å²) in [6.45, 7) is 9.67. The summed E-state index contributed by atoms with van der Waals surface area (Å²) in [6, 6.07) is 31.1. The number of aromatic hydroxyl groups is 1. The lowest BCUT2D eigenvalue weighted by Gasteiger charge is -2.24. The predicted molar refractivity (Wildman–Crippen MR) is 162 cm³/mol. The van der Waals surface area contributed by atoms with E-state index in [1.165, 1.54) is 16.8 Å². The largest absolute Gasteiger partial charge is 0.506 e. The summed E-state index contributed by atoms with van der Waals surface area (Å²) in [7, 11) is 0. The molecule has 0 spiro atoms. The van der Waals surface area contributed by atoms with Crippen molar-refractivity contribution in [3.05, 3.63) is 115 Å². The topological polar surface area (TPSA) is 44.5 Å². The summed E-state index contributed by atoms with van der Waals surface area (Å²) in [5, 5.41) is 10.3. The molecule has 1 N–H and O–H groups in total. The van der Waals surface area contributed by atoms with Gasteiger partial charge < -0.3 is 14.9 Å². The number of hydrogen-bond donors (Lipinski definition) is 1. The molecule has 1 aliphatic rings. The molecule has 5 nitrogen and oxygen atoms in total. The number of hydrogen-bond acceptors (Lipinski definition) is 4. The molecule has 196 valence electrons. The lowest BCUT2D eigenvalue weighted by Crippen LogP contribution is -2.24. The third-order valence-electron chi connectivity index (χ3n) is 7.49. The molecule has 4 aromatic carbocycles. The van der Waals surface area contributed by atoms with Crippen molar-refractivity contribution in [1.82, 2.24) is 9.55 Å². The molecule has 0 unspecified atom stereocenters. The second-order valence-corrected chi connectivity index (χ2v) is 10.8. The minimum atomic E-state index is 0.274. The number of fused-ring (bicyclic) bond motifs is 1. The van der Waals surface area contributed by atoms with E-state index in [1.807, 2.05) is 29.3 Å². The number of phenols is 1. The molecule has 0 radical (unpaired) electrons. The summed E-state index contributed by atoms with van der Waals surface area (Å²) in [6.07, 6.45) is 4.06. The van der Waals surface area contributed by atoms with Gasteiger partial charge in [0.15, 0.2) is 0 Å². The van der Waals surface area contributed by atoms with Crippen LogP contribution in [0, 0.1) is 0 Å². The summed E-state index contributed by atoms with van der Waals surface area (Å²) in [5.74, 6) is 1.95. The molecule has 0 saturated carbocycles. The van der Waals surface area contributed by atoms with E-state index >= 15 is 0 Å². The zero-order valence-electron chi connectivity index (χ0n) is 22.9. The van der Waals surface area contributed by atoms with Gasteiger partial charge in [0, 0.05) is 23.7 Å². The molecule has 39 heavy (non-hydrogen) atoms. The molecule has 0 saturated heterocycles. The minimum Gasteiger partial charge on any atom is -0.506 e. The van der Waals surface area contributed by atoms with Gasteiger partial charge in [0.1, 0.15) is 11.6 Å². The molecule has 0 aliphatic carbocycles. The number of nitrogens with zero attached hydrogens (tertiary/aromatic N) is 4. The fourth-order valence-corrected chi connectivity index (χ4v) is 5.49. The van der Waals surface area contributed by atoms with E-state index in [4.69, 9.17) is 4.98 Å². The molecule has 2 heterocycles. The van der Waals surface area contributed by atoms with Gasteiger partial charge in [0.2, 0.25) is 0 Å². The van der Waals surface area contributed by atoms with Crippen LogP contribution in [0.1, 0.15) is 50.7 Å². The molecule has 6 rings (SSSR count). The molecule has 0 atom stereocenters. The Morgan fingerprint density at radius 2 is 1.38 bits per heavy atom. The zero-order chi connectivity index (χ0) is 27.1. The zero-order valence-corrected chi connectivity index (χ0v) is 22.9. The van der Waals surface area contributed by atoms with Crippen molar-refractivity contribution in [2.75, 3.05) is 16.5 Å². The van der Waals surface area contributed by atoms with E-state index in [2.05, 4.69) is 110 Å². The quantitative estimate of drug-likeness (QED) is 0.247. The Morgan fingerprint density at radius 3 is 2.13 bits per heavy atom. The lowest BCUT2D eigenvalue weighted by molar-refractivity contribution is 0.475. The highest BCUT2D eigenvalue weighted by Crippen LogP contribution is 2.38. The van der Waals surface area contributed by atoms with Crippen LogP contribution >= 0.6 is 0 Å². The molecular weight excluding hydrogens is 480 g/mol. The van der Waals surface area contributed by atoms with E-state index in [0.717, 1.165) is 33.8 Å². The first-order valence-corrected chi connectivity index (χ1v) is 13.6. The Kier molecular flexibility index (Phi) is 6.35. The van der Waals surface area contributed by atoms with E-state index in [1.54, 1.807) is 6.07 Å². The van der Waals surface area contributed by atoms with E-state index in [9.17, 15) is 5.11 Å². The van der Waals surface area contributed by atoms with Gasteiger partial charge in [-0.3, -0.25) is 4.57 Å². The highest BCUT2D eigenvalue weighted by atomic mass is 16.3. The Bertz CT molecular complexity index is 1650. The smallest absolute Gasteiger partial charge is 0.145 e. The Balaban J connectivity index is 1.47. The second-order valence-electron chi connectivity index (χ2n) is 10.8. The number of anilines is 2. The fraction of sp³-hybridized carbons (Fsp3) is 0.206. The molecular formula is C34H34N4O. The van der Waals surface area contributed by atoms with Crippen LogP contribution in [0.4, 0.5) is 11.4 Å². The second kappa shape index (κ2) is 9.99. The molecule has 1 aliphatic heterocycles. The summed E-state index contributed by atoms with van der Waals surface area (Å²) in [5.41, 5.74) is 8.90. The standard InChI is InChI=1S/C34H34N4O/c1-23(2)27-13-10-14-28(24(3)4)33(27)38-30-16-6-5-15-29(30)35-34(38)25-11-9-12-26(21-25)36-19-20-37(22-36)31-17-7-8-18-32(31)39/h5-21,23-24,39H,22H2,1-4H3. The predicted octanol–water partition coefficient (Wildman–Crippen LogP) is 8.40. The molecule has 0 bridgehead atoms. The molecule has 0 amide bonds. The van der Waals surface area contributed by atoms with Crippen LogP contribution in [-0.2, 0) is 0 Å². The summed E-state index contributed by atoms with van der Waals surface area (Å²) < 4.78 is 2.37. The number of para-hydroxylation sites is 5. The Morgan fingerprint density at radius 1 is 0.718 bits per heavy atom. The minimum absolute atomic E-state index is 0.274. The maximum Gasteiger partial charge on any atom is 0.145 e. The maximum absolute atomic E-state index is 10.3. The number of phenolic OH excluding ortho intramolecular Hbond substituents is 1. The van der Waals surface area contributed by atoms with Gasteiger partial charge in [-0.05, 0) is 59.4 Å². The summed E-state index contributed by atoms with van der Waals surface area (Å²) >= 11 is 0. The third-order valence-corrected chi connectivity index (χ3v) is 7.49. The average molecular weight is 515 g/mol. The third kappa shape index (κ3) is 4.44. The summed E-state index contributed by atoms with van der Waals surface area (Å²) in [4.78, 5) is 9.42. The Labute approximate surface area is 230 Å². The number of imidazole rings is 1. The maximum atomic E-state index is 10.3. The van der Waals surface area contributed by atoms with Crippen molar-refractivity contribution >= 4 is 22.4 Å². The van der Waals surface area contributed by atoms with Crippen LogP contribution < -0.4 is 9.80 Å². The van der Waals surface area contributed by atoms with Gasteiger partial charge in [0.05, 0.1) is 29.1 Å². The van der Waals surface area contributed by atoms with E-state index in [-0.39, 0.29) is 5.75 Å². The van der Waals surface area contributed by atoms with Crippen molar-refractivity contribution in [1.29, 1.82) is 0 Å². The van der Waals surface area contributed by atoms with Crippen LogP contribution in [-0.4, -0.2) is 21.3 Å². The first-order chi connectivity index (χ1) is 18.9. The number of aromatic nitrogens is 2. The SMILES string of the molecule is CC(C)c1cccc(C(C)C)c1-n1c(-c2cccc(N3C=CN(c4ccccc4O)C3)c2)nc2ccccc21. The molecule has 0 fully saturated rings. The van der Waals surface area contributed by atoms with Crippen LogP contribution in [0.25, 0.3) is 28.1 Å². The van der Waals surface area contributed by atoms with Crippen molar-refractivity contribution < 1.29 is 5.11 Å². The van der Waals surface area contributed by atoms with Crippen LogP contribution in [0.2, 0.25) is 0 Å². The number of benzene rings is 4. The van der Waals surface area contributed by atoms with Crippen molar-refractivity contribution in [3.63, 3.8) is 0 Å². The van der Waals surface area contributed by atoms with Crippen LogP contribution in [0.3, 0.4) is 0 Å². The molecule has 5 aromatic rings. The van der Waals surface area contributed by atoms with Crippen molar-refractivity contribution in [2.24, 2.45) is 0 Å². The van der Waals surface area contributed by atoms with Crippen molar-refractivity contribution in [3.8, 4) is 22.8 Å². The number of rotatable bonds is 6. The first-order valence-electron chi connectivity index (χ1n) is 13.6. The van der Waals surface area contributed by atoms with Gasteiger partial charge in [-0.2, -0.15) is 0 Å². The first kappa shape index (κ1) is 24.8.